The number of aryl methyl sites for hydroxylation is 2. The van der Waals surface area contributed by atoms with Crippen molar-refractivity contribution in [2.24, 2.45) is 0 Å². The highest BCUT2D eigenvalue weighted by molar-refractivity contribution is 5.90. The maximum absolute atomic E-state index is 11.1. The number of hydrogen-bond acceptors (Lipinski definition) is 7. The van der Waals surface area contributed by atoms with Crippen molar-refractivity contribution in [1.82, 2.24) is 25.2 Å². The van der Waals surface area contributed by atoms with Crippen LogP contribution in [0.4, 0.5) is 11.8 Å². The Hall–Kier alpha value is -2.48. The summed E-state index contributed by atoms with van der Waals surface area (Å²) in [6.07, 6.45) is 2.15. The van der Waals surface area contributed by atoms with Gasteiger partial charge in [-0.1, -0.05) is 0 Å². The molecule has 8 heteroatoms. The summed E-state index contributed by atoms with van der Waals surface area (Å²) in [5, 5.41) is 10.5. The molecule has 0 saturated carbocycles. The third-order valence-corrected chi connectivity index (χ3v) is 4.84. The monoisotopic (exact) mass is 371 g/mol. The minimum Gasteiger partial charge on any atom is -0.368 e. The lowest BCUT2D eigenvalue weighted by Gasteiger charge is -2.29. The first-order chi connectivity index (χ1) is 12.9. The molecule has 0 bridgehead atoms. The number of amides is 1. The van der Waals surface area contributed by atoms with Crippen LogP contribution in [0, 0.1) is 13.8 Å². The summed E-state index contributed by atoms with van der Waals surface area (Å²) >= 11 is 0. The molecule has 3 heterocycles. The summed E-state index contributed by atoms with van der Waals surface area (Å²) in [7, 11) is 2.15. The number of piperidine rings is 1. The van der Waals surface area contributed by atoms with E-state index in [1.54, 1.807) is 0 Å². The maximum atomic E-state index is 11.1. The van der Waals surface area contributed by atoms with E-state index < -0.39 is 0 Å². The van der Waals surface area contributed by atoms with Crippen LogP contribution in [0.3, 0.4) is 0 Å². The molecule has 27 heavy (non-hydrogen) atoms. The number of nitrogens with one attached hydrogen (secondary N) is 3. The number of rotatable bonds is 6. The van der Waals surface area contributed by atoms with Crippen molar-refractivity contribution in [2.75, 3.05) is 43.9 Å². The summed E-state index contributed by atoms with van der Waals surface area (Å²) < 4.78 is 0. The number of fused-ring (bicyclic) bond motifs is 1. The average molecular weight is 371 g/mol. The van der Waals surface area contributed by atoms with Gasteiger partial charge in [-0.05, 0) is 58.5 Å². The highest BCUT2D eigenvalue weighted by atomic mass is 16.1. The minimum atomic E-state index is -0.0394. The molecule has 8 nitrogen and oxygen atoms in total. The van der Waals surface area contributed by atoms with Crippen molar-refractivity contribution in [1.29, 1.82) is 0 Å². The molecule has 1 saturated heterocycles. The number of anilines is 2. The number of nitrogens with zero attached hydrogens (tertiary/aromatic N) is 4. The van der Waals surface area contributed by atoms with E-state index in [0.717, 1.165) is 48.4 Å². The zero-order valence-corrected chi connectivity index (χ0v) is 16.6. The molecule has 1 aliphatic rings. The summed E-state index contributed by atoms with van der Waals surface area (Å²) in [6.45, 7) is 8.81. The zero-order valence-electron chi connectivity index (χ0n) is 16.6. The molecule has 1 amide bonds. The predicted molar refractivity (Wildman–Crippen MR) is 108 cm³/mol. The van der Waals surface area contributed by atoms with E-state index in [4.69, 9.17) is 4.98 Å². The van der Waals surface area contributed by atoms with Crippen molar-refractivity contribution in [2.45, 2.75) is 39.7 Å². The summed E-state index contributed by atoms with van der Waals surface area (Å²) in [5.74, 6) is 1.32. The third kappa shape index (κ3) is 5.03. The second kappa shape index (κ2) is 8.47. The number of pyridine rings is 1. The molecule has 1 aliphatic heterocycles. The van der Waals surface area contributed by atoms with E-state index in [0.29, 0.717) is 30.7 Å². The molecule has 0 atom stereocenters. The van der Waals surface area contributed by atoms with E-state index in [2.05, 4.69) is 37.9 Å². The Bertz CT molecular complexity index is 815. The average Bonchev–Trinajstić information content (AvgIpc) is 2.59. The van der Waals surface area contributed by atoms with Crippen LogP contribution in [0.25, 0.3) is 11.0 Å². The van der Waals surface area contributed by atoms with Crippen molar-refractivity contribution in [3.63, 3.8) is 0 Å². The normalized spacial score (nSPS) is 15.7. The van der Waals surface area contributed by atoms with Gasteiger partial charge in [0.25, 0.3) is 0 Å². The summed E-state index contributed by atoms with van der Waals surface area (Å²) in [5.41, 5.74) is 2.72. The Morgan fingerprint density at radius 3 is 2.63 bits per heavy atom. The van der Waals surface area contributed by atoms with Gasteiger partial charge in [0.1, 0.15) is 5.82 Å². The highest BCUT2D eigenvalue weighted by Crippen LogP contribution is 2.25. The van der Waals surface area contributed by atoms with Gasteiger partial charge in [0, 0.05) is 31.7 Å². The number of carbonyl (C=O) groups excluding carboxylic acids is 1. The minimum absolute atomic E-state index is 0.0394. The lowest BCUT2D eigenvalue weighted by atomic mass is 10.1. The molecule has 2 aromatic heterocycles. The second-order valence-corrected chi connectivity index (χ2v) is 7.31. The first-order valence-corrected chi connectivity index (χ1v) is 9.52. The van der Waals surface area contributed by atoms with E-state index in [-0.39, 0.29) is 5.91 Å². The Labute approximate surface area is 160 Å². The lowest BCUT2D eigenvalue weighted by molar-refractivity contribution is -0.118. The molecule has 3 N–H and O–H groups in total. The molecule has 1 fully saturated rings. The van der Waals surface area contributed by atoms with Gasteiger partial charge in [-0.15, -0.1) is 0 Å². The summed E-state index contributed by atoms with van der Waals surface area (Å²) in [4.78, 5) is 27.4. The fraction of sp³-hybridized carbons (Fsp3) is 0.579. The van der Waals surface area contributed by atoms with Gasteiger partial charge < -0.3 is 20.9 Å². The number of hydrogen-bond donors (Lipinski definition) is 3. The molecule has 0 radical (unpaired) electrons. The van der Waals surface area contributed by atoms with Crippen LogP contribution in [0.15, 0.2) is 6.07 Å². The van der Waals surface area contributed by atoms with E-state index in [9.17, 15) is 4.79 Å². The molecular formula is C19H29N7O. The van der Waals surface area contributed by atoms with Gasteiger partial charge in [-0.2, -0.15) is 9.97 Å². The van der Waals surface area contributed by atoms with Gasteiger partial charge >= 0.3 is 0 Å². The van der Waals surface area contributed by atoms with Crippen molar-refractivity contribution < 1.29 is 4.79 Å². The van der Waals surface area contributed by atoms with Gasteiger partial charge in [-0.3, -0.25) is 4.79 Å². The molecule has 2 aromatic rings. The standard InChI is InChI=1S/C19H29N7O/c1-12-11-13(2)22-18-16(12)17(21-8-7-20-14(3)27)24-19(25-18)23-15-5-9-26(4)10-6-15/h11,15H,5-10H2,1-4H3,(H,20,27)(H2,21,22,23,24,25). The molecule has 0 unspecified atom stereocenters. The predicted octanol–water partition coefficient (Wildman–Crippen LogP) is 1.70. The summed E-state index contributed by atoms with van der Waals surface area (Å²) in [6, 6.07) is 2.41. The van der Waals surface area contributed by atoms with Crippen LogP contribution in [-0.4, -0.2) is 65.0 Å². The molecule has 0 spiro atoms. The largest absolute Gasteiger partial charge is 0.368 e. The molecule has 0 aliphatic carbocycles. The van der Waals surface area contributed by atoms with Gasteiger partial charge in [-0.25, -0.2) is 4.98 Å². The zero-order chi connectivity index (χ0) is 19.4. The van der Waals surface area contributed by atoms with Crippen LogP contribution in [0.1, 0.15) is 31.0 Å². The van der Waals surface area contributed by atoms with Crippen molar-refractivity contribution in [3.05, 3.63) is 17.3 Å². The Morgan fingerprint density at radius 2 is 1.93 bits per heavy atom. The fourth-order valence-electron chi connectivity index (χ4n) is 3.43. The number of likely N-dealkylation sites (tertiary alicyclic amines) is 1. The van der Waals surface area contributed by atoms with E-state index in [1.807, 2.05) is 19.9 Å². The maximum Gasteiger partial charge on any atom is 0.226 e. The Morgan fingerprint density at radius 1 is 1.19 bits per heavy atom. The quantitative estimate of drug-likeness (QED) is 0.665. The van der Waals surface area contributed by atoms with Crippen molar-refractivity contribution >= 4 is 28.7 Å². The van der Waals surface area contributed by atoms with Crippen molar-refractivity contribution in [3.8, 4) is 0 Å². The van der Waals surface area contributed by atoms with E-state index >= 15 is 0 Å². The van der Waals surface area contributed by atoms with Crippen LogP contribution in [0.5, 0.6) is 0 Å². The smallest absolute Gasteiger partial charge is 0.226 e. The van der Waals surface area contributed by atoms with Crippen LogP contribution in [-0.2, 0) is 4.79 Å². The van der Waals surface area contributed by atoms with Crippen LogP contribution in [0.2, 0.25) is 0 Å². The topological polar surface area (TPSA) is 95.1 Å². The Kier molecular flexibility index (Phi) is 6.05. The SMILES string of the molecule is CC(=O)NCCNc1nc(NC2CCN(C)CC2)nc2nc(C)cc(C)c12. The molecule has 146 valence electrons. The fourth-order valence-corrected chi connectivity index (χ4v) is 3.43. The molecular weight excluding hydrogens is 342 g/mol. The second-order valence-electron chi connectivity index (χ2n) is 7.31. The molecule has 0 aromatic carbocycles. The highest BCUT2D eigenvalue weighted by Gasteiger charge is 2.19. The first kappa shape index (κ1) is 19.3. The number of aromatic nitrogens is 3. The van der Waals surface area contributed by atoms with Gasteiger partial charge in [0.15, 0.2) is 5.65 Å². The van der Waals surface area contributed by atoms with Gasteiger partial charge in [0.2, 0.25) is 11.9 Å². The molecule has 3 rings (SSSR count). The number of carbonyl (C=O) groups is 1. The van der Waals surface area contributed by atoms with Crippen LogP contribution >= 0.6 is 0 Å². The van der Waals surface area contributed by atoms with Gasteiger partial charge in [0.05, 0.1) is 5.39 Å². The third-order valence-electron chi connectivity index (χ3n) is 4.84. The van der Waals surface area contributed by atoms with E-state index in [1.165, 1.54) is 6.92 Å². The van der Waals surface area contributed by atoms with Crippen LogP contribution < -0.4 is 16.0 Å². The Balaban J connectivity index is 1.84. The first-order valence-electron chi connectivity index (χ1n) is 9.52. The lowest BCUT2D eigenvalue weighted by Crippen LogP contribution is -2.37.